The molecule has 5 unspecified atom stereocenters. The van der Waals surface area contributed by atoms with E-state index in [1.165, 1.54) is 0 Å². The van der Waals surface area contributed by atoms with Crippen molar-refractivity contribution >= 4 is 11.9 Å². The quantitative estimate of drug-likeness (QED) is 0.653. The predicted molar refractivity (Wildman–Crippen MR) is 49.9 cm³/mol. The van der Waals surface area contributed by atoms with Crippen LogP contribution in [0, 0.1) is 29.6 Å². The van der Waals surface area contributed by atoms with Crippen LogP contribution in [0.4, 0.5) is 0 Å². The van der Waals surface area contributed by atoms with Crippen LogP contribution in [-0.2, 0) is 14.3 Å². The Morgan fingerprint density at radius 3 is 2.87 bits per heavy atom. The number of cyclic esters (lactones) is 1. The molecule has 0 aromatic heterocycles. The molecule has 4 rings (SSSR count). The van der Waals surface area contributed by atoms with Gasteiger partial charge >= 0.3 is 11.9 Å². The van der Waals surface area contributed by atoms with Crippen LogP contribution in [0.25, 0.3) is 0 Å². The van der Waals surface area contributed by atoms with E-state index in [2.05, 4.69) is 0 Å². The molecule has 4 aliphatic rings. The SMILES string of the molecule is O=C(O)C1CC2CCC1C1C(=O)OCC21. The Hall–Kier alpha value is -1.06. The lowest BCUT2D eigenvalue weighted by atomic mass is 9.55. The number of fused-ring (bicyclic) bond motifs is 2. The van der Waals surface area contributed by atoms with Crippen LogP contribution in [0.15, 0.2) is 0 Å². The molecule has 0 amide bonds. The Labute approximate surface area is 87.6 Å². The molecule has 3 saturated carbocycles. The fourth-order valence-electron chi connectivity index (χ4n) is 3.80. The first-order valence-electron chi connectivity index (χ1n) is 5.58. The molecular weight excluding hydrogens is 196 g/mol. The summed E-state index contributed by atoms with van der Waals surface area (Å²) in [4.78, 5) is 22.6. The molecule has 0 spiro atoms. The van der Waals surface area contributed by atoms with E-state index in [1.807, 2.05) is 0 Å². The van der Waals surface area contributed by atoms with E-state index < -0.39 is 5.97 Å². The van der Waals surface area contributed by atoms with E-state index in [4.69, 9.17) is 9.84 Å². The summed E-state index contributed by atoms with van der Waals surface area (Å²) in [5, 5.41) is 9.11. The molecule has 1 saturated heterocycles. The minimum atomic E-state index is -0.733. The van der Waals surface area contributed by atoms with E-state index in [-0.39, 0.29) is 23.7 Å². The molecule has 1 aliphatic heterocycles. The van der Waals surface area contributed by atoms with Crippen LogP contribution in [0.1, 0.15) is 19.3 Å². The smallest absolute Gasteiger partial charge is 0.309 e. The number of hydrogen-bond acceptors (Lipinski definition) is 3. The van der Waals surface area contributed by atoms with Crippen LogP contribution in [0.2, 0.25) is 0 Å². The van der Waals surface area contributed by atoms with Crippen molar-refractivity contribution in [3.63, 3.8) is 0 Å². The lowest BCUT2D eigenvalue weighted by molar-refractivity contribution is -0.155. The molecule has 2 bridgehead atoms. The zero-order chi connectivity index (χ0) is 10.6. The molecular formula is C11H14O4. The molecule has 4 heteroatoms. The van der Waals surface area contributed by atoms with Gasteiger partial charge in [-0.2, -0.15) is 0 Å². The lowest BCUT2D eigenvalue weighted by Crippen LogP contribution is -2.48. The summed E-state index contributed by atoms with van der Waals surface area (Å²) in [5.74, 6) is -0.565. The van der Waals surface area contributed by atoms with Crippen molar-refractivity contribution in [3.8, 4) is 0 Å². The number of esters is 1. The topological polar surface area (TPSA) is 63.6 Å². The van der Waals surface area contributed by atoms with E-state index in [9.17, 15) is 9.59 Å². The van der Waals surface area contributed by atoms with Gasteiger partial charge in [0.1, 0.15) is 0 Å². The maximum absolute atomic E-state index is 11.6. The van der Waals surface area contributed by atoms with Gasteiger partial charge in [0.25, 0.3) is 0 Å². The molecule has 0 aromatic carbocycles. The average Bonchev–Trinajstić information content (AvgIpc) is 2.63. The Bertz CT molecular complexity index is 325. The van der Waals surface area contributed by atoms with E-state index in [1.54, 1.807) is 0 Å². The number of carbonyl (C=O) groups excluding carboxylic acids is 1. The second-order valence-corrected chi connectivity index (χ2v) is 5.00. The van der Waals surface area contributed by atoms with Crippen LogP contribution in [0.5, 0.6) is 0 Å². The maximum atomic E-state index is 11.6. The molecule has 82 valence electrons. The van der Waals surface area contributed by atoms with Crippen molar-refractivity contribution in [2.45, 2.75) is 19.3 Å². The average molecular weight is 210 g/mol. The summed E-state index contributed by atoms with van der Waals surface area (Å²) in [6.07, 6.45) is 2.71. The molecule has 1 heterocycles. The minimum Gasteiger partial charge on any atom is -0.481 e. The van der Waals surface area contributed by atoms with Gasteiger partial charge in [0.2, 0.25) is 0 Å². The van der Waals surface area contributed by atoms with E-state index in [0.717, 1.165) is 19.3 Å². The summed E-state index contributed by atoms with van der Waals surface area (Å²) in [6, 6.07) is 0. The van der Waals surface area contributed by atoms with Gasteiger partial charge in [-0.3, -0.25) is 9.59 Å². The highest BCUT2D eigenvalue weighted by Gasteiger charge is 2.56. The first-order valence-corrected chi connectivity index (χ1v) is 5.58. The number of rotatable bonds is 1. The third-order valence-electron chi connectivity index (χ3n) is 4.48. The van der Waals surface area contributed by atoms with Crippen molar-refractivity contribution < 1.29 is 19.4 Å². The van der Waals surface area contributed by atoms with Gasteiger partial charge in [-0.05, 0) is 31.1 Å². The van der Waals surface area contributed by atoms with E-state index in [0.29, 0.717) is 18.4 Å². The summed E-state index contributed by atoms with van der Waals surface area (Å²) < 4.78 is 5.08. The summed E-state index contributed by atoms with van der Waals surface area (Å²) in [6.45, 7) is 0.525. The van der Waals surface area contributed by atoms with Crippen LogP contribution < -0.4 is 0 Å². The second-order valence-electron chi connectivity index (χ2n) is 5.00. The fourth-order valence-corrected chi connectivity index (χ4v) is 3.80. The second kappa shape index (κ2) is 2.97. The predicted octanol–water partition coefficient (Wildman–Crippen LogP) is 0.906. The van der Waals surface area contributed by atoms with Gasteiger partial charge in [-0.15, -0.1) is 0 Å². The molecule has 1 N–H and O–H groups in total. The van der Waals surface area contributed by atoms with Crippen LogP contribution in [0.3, 0.4) is 0 Å². The largest absolute Gasteiger partial charge is 0.481 e. The van der Waals surface area contributed by atoms with Crippen molar-refractivity contribution in [2.75, 3.05) is 6.61 Å². The number of hydrogen-bond donors (Lipinski definition) is 1. The Kier molecular flexibility index (Phi) is 1.82. The van der Waals surface area contributed by atoms with Gasteiger partial charge in [0.15, 0.2) is 0 Å². The number of ether oxygens (including phenoxy) is 1. The highest BCUT2D eigenvalue weighted by atomic mass is 16.5. The number of aliphatic carboxylic acids is 1. The normalized spacial score (nSPS) is 47.5. The van der Waals surface area contributed by atoms with Gasteiger partial charge in [0, 0.05) is 5.92 Å². The highest BCUT2D eigenvalue weighted by Crippen LogP contribution is 2.54. The van der Waals surface area contributed by atoms with Crippen LogP contribution in [-0.4, -0.2) is 23.7 Å². The fraction of sp³-hybridized carbons (Fsp3) is 0.818. The first-order chi connectivity index (χ1) is 7.18. The number of carboxylic acids is 1. The highest BCUT2D eigenvalue weighted by molar-refractivity contribution is 5.78. The third kappa shape index (κ3) is 1.13. The van der Waals surface area contributed by atoms with Crippen LogP contribution >= 0.6 is 0 Å². The molecule has 4 nitrogen and oxygen atoms in total. The van der Waals surface area contributed by atoms with Gasteiger partial charge in [-0.25, -0.2) is 0 Å². The molecule has 0 radical (unpaired) electrons. The third-order valence-corrected chi connectivity index (χ3v) is 4.48. The zero-order valence-electron chi connectivity index (χ0n) is 8.39. The van der Waals surface area contributed by atoms with Crippen molar-refractivity contribution in [1.29, 1.82) is 0 Å². The monoisotopic (exact) mass is 210 g/mol. The Balaban J connectivity index is 1.93. The Morgan fingerprint density at radius 2 is 2.13 bits per heavy atom. The standard InChI is InChI=1S/C11H14O4/c12-10(13)7-3-5-1-2-6(7)9-8(5)4-15-11(9)14/h5-9H,1-4H2,(H,12,13). The molecule has 3 aliphatic carbocycles. The van der Waals surface area contributed by atoms with Gasteiger partial charge in [-0.1, -0.05) is 0 Å². The Morgan fingerprint density at radius 1 is 1.33 bits per heavy atom. The summed E-state index contributed by atoms with van der Waals surface area (Å²) in [7, 11) is 0. The maximum Gasteiger partial charge on any atom is 0.309 e. The molecule has 5 atom stereocenters. The molecule has 4 fully saturated rings. The van der Waals surface area contributed by atoms with Crippen molar-refractivity contribution in [1.82, 2.24) is 0 Å². The number of carbonyl (C=O) groups is 2. The molecule has 15 heavy (non-hydrogen) atoms. The summed E-state index contributed by atoms with van der Waals surface area (Å²) in [5.41, 5.74) is 0. The number of carboxylic acid groups (broad SMARTS) is 1. The first kappa shape index (κ1) is 9.19. The van der Waals surface area contributed by atoms with Gasteiger partial charge < -0.3 is 9.84 Å². The van der Waals surface area contributed by atoms with Crippen molar-refractivity contribution in [3.05, 3.63) is 0 Å². The van der Waals surface area contributed by atoms with Gasteiger partial charge in [0.05, 0.1) is 18.4 Å². The lowest BCUT2D eigenvalue weighted by Gasteiger charge is -2.46. The minimum absolute atomic E-state index is 0.0347. The molecule has 0 aromatic rings. The van der Waals surface area contributed by atoms with E-state index >= 15 is 0 Å². The summed E-state index contributed by atoms with van der Waals surface area (Å²) >= 11 is 0. The zero-order valence-corrected chi connectivity index (χ0v) is 8.39. The van der Waals surface area contributed by atoms with Crippen molar-refractivity contribution in [2.24, 2.45) is 29.6 Å².